The third kappa shape index (κ3) is 1.61. The average molecular weight is 172 g/mol. The fourth-order valence-electron chi connectivity index (χ4n) is 1.85. The van der Waals surface area contributed by atoms with E-state index in [0.717, 1.165) is 12.8 Å². The van der Waals surface area contributed by atoms with Crippen molar-refractivity contribution in [2.24, 2.45) is 5.92 Å². The van der Waals surface area contributed by atoms with Gasteiger partial charge in [0.25, 0.3) is 0 Å². The smallest absolute Gasteiger partial charge is 0.337 e. The predicted molar refractivity (Wildman–Crippen MR) is 44.6 cm³/mol. The highest BCUT2D eigenvalue weighted by Gasteiger charge is 2.43. The van der Waals surface area contributed by atoms with Gasteiger partial charge >= 0.3 is 5.97 Å². The van der Waals surface area contributed by atoms with Crippen molar-refractivity contribution in [2.75, 3.05) is 7.11 Å². The van der Waals surface area contributed by atoms with Crippen LogP contribution in [0.5, 0.6) is 0 Å². The fraction of sp³-hybridized carbons (Fsp3) is 0.889. The Morgan fingerprint density at radius 2 is 2.42 bits per heavy atom. The van der Waals surface area contributed by atoms with E-state index in [0.29, 0.717) is 18.8 Å². The van der Waals surface area contributed by atoms with Crippen molar-refractivity contribution in [2.45, 2.75) is 38.2 Å². The lowest BCUT2D eigenvalue weighted by Gasteiger charge is -2.18. The van der Waals surface area contributed by atoms with E-state index in [-0.39, 0.29) is 0 Å². The lowest BCUT2D eigenvalue weighted by molar-refractivity contribution is -0.161. The van der Waals surface area contributed by atoms with Crippen LogP contribution in [0.1, 0.15) is 32.6 Å². The number of rotatable bonds is 2. The van der Waals surface area contributed by atoms with Crippen molar-refractivity contribution in [1.82, 2.24) is 0 Å². The molecule has 0 saturated heterocycles. The molecule has 3 heteroatoms. The number of hydrogen-bond donors (Lipinski definition) is 1. The first kappa shape index (κ1) is 9.52. The Hall–Kier alpha value is -0.570. The quantitative estimate of drug-likeness (QED) is 0.634. The first-order chi connectivity index (χ1) is 5.62. The second kappa shape index (κ2) is 3.44. The van der Waals surface area contributed by atoms with Gasteiger partial charge in [-0.2, -0.15) is 0 Å². The summed E-state index contributed by atoms with van der Waals surface area (Å²) in [5, 5.41) is 9.79. The molecule has 1 aliphatic carbocycles. The van der Waals surface area contributed by atoms with E-state index in [1.54, 1.807) is 0 Å². The fourth-order valence-corrected chi connectivity index (χ4v) is 1.85. The van der Waals surface area contributed by atoms with Crippen molar-refractivity contribution in [1.29, 1.82) is 0 Å². The van der Waals surface area contributed by atoms with E-state index in [1.807, 2.05) is 0 Å². The Balaban J connectivity index is 2.57. The Bertz CT molecular complexity index is 179. The topological polar surface area (TPSA) is 46.5 Å². The molecule has 1 fully saturated rings. The van der Waals surface area contributed by atoms with Crippen molar-refractivity contribution in [3.05, 3.63) is 0 Å². The monoisotopic (exact) mass is 172 g/mol. The van der Waals surface area contributed by atoms with Crippen LogP contribution in [0, 0.1) is 5.92 Å². The number of esters is 1. The standard InChI is InChI=1S/C9H16O3/c1-3-7-4-5-9(11,6-7)8(10)12-2/h7,11H,3-6H2,1-2H3. The molecule has 0 spiro atoms. The Kier molecular flexibility index (Phi) is 2.73. The molecule has 0 amide bonds. The summed E-state index contributed by atoms with van der Waals surface area (Å²) in [7, 11) is 1.32. The van der Waals surface area contributed by atoms with E-state index in [4.69, 9.17) is 0 Å². The van der Waals surface area contributed by atoms with E-state index < -0.39 is 11.6 Å². The Labute approximate surface area is 72.7 Å². The molecule has 2 atom stereocenters. The highest BCUT2D eigenvalue weighted by Crippen LogP contribution is 2.36. The van der Waals surface area contributed by atoms with Gasteiger partial charge in [0.05, 0.1) is 7.11 Å². The van der Waals surface area contributed by atoms with Crippen molar-refractivity contribution >= 4 is 5.97 Å². The summed E-state index contributed by atoms with van der Waals surface area (Å²) in [6.07, 6.45) is 3.08. The minimum atomic E-state index is -1.19. The van der Waals surface area contributed by atoms with Gasteiger partial charge in [-0.3, -0.25) is 0 Å². The lowest BCUT2D eigenvalue weighted by atomic mass is 9.99. The number of hydrogen-bond acceptors (Lipinski definition) is 3. The van der Waals surface area contributed by atoms with E-state index in [1.165, 1.54) is 7.11 Å². The second-order valence-electron chi connectivity index (χ2n) is 3.54. The molecule has 1 rings (SSSR count). The van der Waals surface area contributed by atoms with Crippen LogP contribution in [-0.2, 0) is 9.53 Å². The SMILES string of the molecule is CCC1CCC(O)(C(=O)OC)C1. The third-order valence-electron chi connectivity index (χ3n) is 2.74. The van der Waals surface area contributed by atoms with Crippen molar-refractivity contribution in [3.8, 4) is 0 Å². The zero-order valence-corrected chi connectivity index (χ0v) is 7.67. The molecule has 0 aromatic rings. The normalized spacial score (nSPS) is 35.1. The maximum Gasteiger partial charge on any atom is 0.337 e. The zero-order chi connectivity index (χ0) is 9.19. The van der Waals surface area contributed by atoms with Gasteiger partial charge in [-0.1, -0.05) is 13.3 Å². The summed E-state index contributed by atoms with van der Waals surface area (Å²) in [5.41, 5.74) is -1.19. The number of aliphatic hydroxyl groups is 1. The third-order valence-corrected chi connectivity index (χ3v) is 2.74. The summed E-state index contributed by atoms with van der Waals surface area (Å²) >= 11 is 0. The number of ether oxygens (including phenoxy) is 1. The Morgan fingerprint density at radius 1 is 1.75 bits per heavy atom. The molecule has 70 valence electrons. The van der Waals surface area contributed by atoms with Gasteiger partial charge < -0.3 is 9.84 Å². The molecule has 2 unspecified atom stereocenters. The molecule has 1 saturated carbocycles. The molecular weight excluding hydrogens is 156 g/mol. The van der Waals surface area contributed by atoms with Crippen LogP contribution in [0.15, 0.2) is 0 Å². The lowest BCUT2D eigenvalue weighted by Crippen LogP contribution is -2.36. The number of carbonyl (C=O) groups excluding carboxylic acids is 1. The highest BCUT2D eigenvalue weighted by atomic mass is 16.5. The number of carbonyl (C=O) groups is 1. The molecule has 0 heterocycles. The van der Waals surface area contributed by atoms with E-state index in [9.17, 15) is 9.90 Å². The van der Waals surface area contributed by atoms with Crippen LogP contribution in [0.25, 0.3) is 0 Å². The molecule has 1 aliphatic rings. The van der Waals surface area contributed by atoms with Crippen molar-refractivity contribution < 1.29 is 14.6 Å². The summed E-state index contributed by atoms with van der Waals surface area (Å²) in [6, 6.07) is 0. The summed E-state index contributed by atoms with van der Waals surface area (Å²) in [6.45, 7) is 2.08. The molecule has 0 bridgehead atoms. The van der Waals surface area contributed by atoms with E-state index in [2.05, 4.69) is 11.7 Å². The van der Waals surface area contributed by atoms with Crippen LogP contribution in [0.3, 0.4) is 0 Å². The first-order valence-corrected chi connectivity index (χ1v) is 4.43. The summed E-state index contributed by atoms with van der Waals surface area (Å²) in [4.78, 5) is 11.1. The van der Waals surface area contributed by atoms with Crippen molar-refractivity contribution in [3.63, 3.8) is 0 Å². The molecular formula is C9H16O3. The van der Waals surface area contributed by atoms with E-state index >= 15 is 0 Å². The average Bonchev–Trinajstić information content (AvgIpc) is 2.47. The van der Waals surface area contributed by atoms with Crippen LogP contribution in [-0.4, -0.2) is 23.8 Å². The molecule has 0 aliphatic heterocycles. The minimum absolute atomic E-state index is 0.474. The van der Waals surface area contributed by atoms with Gasteiger partial charge in [0, 0.05) is 0 Å². The van der Waals surface area contributed by atoms with Gasteiger partial charge in [0.15, 0.2) is 5.60 Å². The maximum atomic E-state index is 11.1. The second-order valence-corrected chi connectivity index (χ2v) is 3.54. The molecule has 0 aromatic heterocycles. The minimum Gasteiger partial charge on any atom is -0.467 e. The van der Waals surface area contributed by atoms with Crippen LogP contribution in [0.4, 0.5) is 0 Å². The summed E-state index contributed by atoms with van der Waals surface area (Å²) in [5.74, 6) is 0.00699. The zero-order valence-electron chi connectivity index (χ0n) is 7.67. The van der Waals surface area contributed by atoms with Gasteiger partial charge in [-0.05, 0) is 25.2 Å². The van der Waals surface area contributed by atoms with Gasteiger partial charge in [-0.25, -0.2) is 4.79 Å². The maximum absolute atomic E-state index is 11.1. The van der Waals surface area contributed by atoms with Gasteiger partial charge in [-0.15, -0.1) is 0 Å². The van der Waals surface area contributed by atoms with Crippen LogP contribution in [0.2, 0.25) is 0 Å². The Morgan fingerprint density at radius 3 is 2.83 bits per heavy atom. The molecule has 12 heavy (non-hydrogen) atoms. The number of methoxy groups -OCH3 is 1. The first-order valence-electron chi connectivity index (χ1n) is 4.43. The highest BCUT2D eigenvalue weighted by molar-refractivity contribution is 5.79. The van der Waals surface area contributed by atoms with Gasteiger partial charge in [0.1, 0.15) is 0 Å². The molecule has 0 aromatic carbocycles. The predicted octanol–water partition coefficient (Wildman–Crippen LogP) is 1.10. The van der Waals surface area contributed by atoms with Crippen LogP contribution < -0.4 is 0 Å². The summed E-state index contributed by atoms with van der Waals surface area (Å²) < 4.78 is 4.54. The van der Waals surface area contributed by atoms with Crippen LogP contribution >= 0.6 is 0 Å². The molecule has 3 nitrogen and oxygen atoms in total. The largest absolute Gasteiger partial charge is 0.467 e. The molecule has 0 radical (unpaired) electrons. The molecule has 1 N–H and O–H groups in total. The van der Waals surface area contributed by atoms with Gasteiger partial charge in [0.2, 0.25) is 0 Å².